The molecule has 1 aliphatic heterocycles. The molecule has 1 saturated heterocycles. The van der Waals surface area contributed by atoms with E-state index >= 15 is 0 Å². The molecule has 98 valence electrons. The van der Waals surface area contributed by atoms with Gasteiger partial charge in [-0.15, -0.1) is 0 Å². The fourth-order valence-corrected chi connectivity index (χ4v) is 2.65. The normalized spacial score (nSPS) is 19.9. The first-order chi connectivity index (χ1) is 8.02. The van der Waals surface area contributed by atoms with Gasteiger partial charge in [0.1, 0.15) is 0 Å². The third-order valence-corrected chi connectivity index (χ3v) is 3.53. The quantitative estimate of drug-likeness (QED) is 0.723. The van der Waals surface area contributed by atoms with Gasteiger partial charge in [0.25, 0.3) is 0 Å². The molecule has 1 heterocycles. The van der Waals surface area contributed by atoms with E-state index in [-0.39, 0.29) is 5.91 Å². The summed E-state index contributed by atoms with van der Waals surface area (Å²) in [4.78, 5) is 14.0. The van der Waals surface area contributed by atoms with Crippen molar-refractivity contribution in [3.05, 3.63) is 0 Å². The number of carbonyl (C=O) groups excluding carboxylic acids is 1. The Balaban J connectivity index is 2.38. The predicted molar refractivity (Wildman–Crippen MR) is 73.9 cm³/mol. The van der Waals surface area contributed by atoms with Gasteiger partial charge in [-0.3, -0.25) is 9.69 Å². The molecule has 3 N–H and O–H groups in total. The highest BCUT2D eigenvalue weighted by atomic mass is 32.1. The lowest BCUT2D eigenvalue weighted by atomic mass is 10.0. The van der Waals surface area contributed by atoms with Crippen LogP contribution in [-0.4, -0.2) is 41.0 Å². The van der Waals surface area contributed by atoms with Crippen molar-refractivity contribution in [3.63, 3.8) is 0 Å². The highest BCUT2D eigenvalue weighted by Gasteiger charge is 2.24. The fourth-order valence-electron chi connectivity index (χ4n) is 2.46. The van der Waals surface area contributed by atoms with Crippen LogP contribution in [0.4, 0.5) is 0 Å². The van der Waals surface area contributed by atoms with Gasteiger partial charge in [-0.2, -0.15) is 0 Å². The smallest absolute Gasteiger partial charge is 0.217 e. The van der Waals surface area contributed by atoms with Crippen molar-refractivity contribution < 1.29 is 4.79 Å². The number of nitrogens with one attached hydrogen (secondary N) is 1. The van der Waals surface area contributed by atoms with Crippen molar-refractivity contribution >= 4 is 23.1 Å². The van der Waals surface area contributed by atoms with Gasteiger partial charge < -0.3 is 11.1 Å². The molecule has 0 spiro atoms. The average Bonchev–Trinajstić information content (AvgIpc) is 2.26. The summed E-state index contributed by atoms with van der Waals surface area (Å²) in [5.74, 6) is 0.0682. The van der Waals surface area contributed by atoms with Crippen molar-refractivity contribution in [1.82, 2.24) is 10.2 Å². The second-order valence-corrected chi connectivity index (χ2v) is 5.27. The lowest BCUT2D eigenvalue weighted by molar-refractivity contribution is -0.120. The lowest BCUT2D eigenvalue weighted by Crippen LogP contribution is -2.48. The second-order valence-electron chi connectivity index (χ2n) is 4.74. The molecular formula is C12H23N3OS. The van der Waals surface area contributed by atoms with E-state index in [1.807, 2.05) is 0 Å². The maximum atomic E-state index is 11.0. The number of nitrogens with two attached hydrogens (primary N) is 1. The molecule has 1 unspecified atom stereocenters. The van der Waals surface area contributed by atoms with Crippen molar-refractivity contribution in [2.45, 2.75) is 51.6 Å². The van der Waals surface area contributed by atoms with Gasteiger partial charge in [-0.25, -0.2) is 0 Å². The average molecular weight is 257 g/mol. The number of amides is 1. The number of nitrogens with zero attached hydrogens (tertiary/aromatic N) is 1. The minimum atomic E-state index is 0.0682. The molecule has 0 aromatic rings. The number of hydrogen-bond acceptors (Lipinski definition) is 3. The zero-order valence-corrected chi connectivity index (χ0v) is 11.6. The number of rotatable bonds is 5. The third kappa shape index (κ3) is 5.00. The number of thiocarbonyl (C=S) groups is 1. The number of carbonyl (C=O) groups is 1. The van der Waals surface area contributed by atoms with Gasteiger partial charge in [0.2, 0.25) is 5.91 Å². The summed E-state index contributed by atoms with van der Waals surface area (Å²) in [6.45, 7) is 5.79. The predicted octanol–water partition coefficient (Wildman–Crippen LogP) is 1.04. The zero-order chi connectivity index (χ0) is 12.8. The minimum absolute atomic E-state index is 0.0682. The molecule has 1 atom stereocenters. The van der Waals surface area contributed by atoms with E-state index in [1.54, 1.807) is 6.92 Å². The second kappa shape index (κ2) is 6.91. The largest absolute Gasteiger partial charge is 0.393 e. The lowest BCUT2D eigenvalue weighted by Gasteiger charge is -2.37. The Morgan fingerprint density at radius 1 is 1.53 bits per heavy atom. The zero-order valence-electron chi connectivity index (χ0n) is 10.7. The van der Waals surface area contributed by atoms with E-state index in [0.717, 1.165) is 38.8 Å². The van der Waals surface area contributed by atoms with Crippen molar-refractivity contribution in [2.75, 3.05) is 13.1 Å². The molecule has 17 heavy (non-hydrogen) atoms. The van der Waals surface area contributed by atoms with Crippen LogP contribution in [0.3, 0.4) is 0 Å². The van der Waals surface area contributed by atoms with Gasteiger partial charge >= 0.3 is 0 Å². The maximum Gasteiger partial charge on any atom is 0.217 e. The molecular weight excluding hydrogens is 234 g/mol. The van der Waals surface area contributed by atoms with Crippen molar-refractivity contribution in [1.29, 1.82) is 0 Å². The summed E-state index contributed by atoms with van der Waals surface area (Å²) in [5.41, 5.74) is 5.62. The molecule has 5 heteroatoms. The highest BCUT2D eigenvalue weighted by Crippen LogP contribution is 2.17. The highest BCUT2D eigenvalue weighted by molar-refractivity contribution is 7.80. The van der Waals surface area contributed by atoms with Gasteiger partial charge in [0.05, 0.1) is 4.99 Å². The van der Waals surface area contributed by atoms with E-state index < -0.39 is 0 Å². The van der Waals surface area contributed by atoms with E-state index in [4.69, 9.17) is 18.0 Å². The first-order valence-electron chi connectivity index (χ1n) is 6.32. The first kappa shape index (κ1) is 14.4. The van der Waals surface area contributed by atoms with Crippen molar-refractivity contribution in [2.24, 2.45) is 5.73 Å². The summed E-state index contributed by atoms with van der Waals surface area (Å²) >= 11 is 4.98. The summed E-state index contributed by atoms with van der Waals surface area (Å²) in [7, 11) is 0. The Morgan fingerprint density at radius 3 is 2.53 bits per heavy atom. The van der Waals surface area contributed by atoms with Crippen LogP contribution in [0.15, 0.2) is 0 Å². The van der Waals surface area contributed by atoms with E-state index in [0.29, 0.717) is 17.1 Å². The Kier molecular flexibility index (Phi) is 5.85. The number of piperidine rings is 1. The Bertz CT molecular complexity index is 275. The van der Waals surface area contributed by atoms with Crippen LogP contribution in [0.5, 0.6) is 0 Å². The van der Waals surface area contributed by atoms with Gasteiger partial charge in [-0.1, -0.05) is 19.1 Å². The van der Waals surface area contributed by atoms with Crippen LogP contribution >= 0.6 is 12.2 Å². The maximum absolute atomic E-state index is 11.0. The van der Waals surface area contributed by atoms with Crippen LogP contribution in [0.25, 0.3) is 0 Å². The molecule has 0 radical (unpaired) electrons. The molecule has 1 aliphatic rings. The standard InChI is InChI=1S/C12H23N3OS/c1-3-11(8-12(13)17)15-6-4-10(5-7-15)14-9(2)16/h10-11H,3-8H2,1-2H3,(H2,13,17)(H,14,16). The van der Waals surface area contributed by atoms with Crippen molar-refractivity contribution in [3.8, 4) is 0 Å². The van der Waals surface area contributed by atoms with E-state index in [9.17, 15) is 4.79 Å². The van der Waals surface area contributed by atoms with Crippen LogP contribution < -0.4 is 11.1 Å². The van der Waals surface area contributed by atoms with Crippen LogP contribution in [-0.2, 0) is 4.79 Å². The molecule has 1 fully saturated rings. The van der Waals surface area contributed by atoms with Crippen LogP contribution in [0, 0.1) is 0 Å². The first-order valence-corrected chi connectivity index (χ1v) is 6.73. The summed E-state index contributed by atoms with van der Waals surface area (Å²) < 4.78 is 0. The summed E-state index contributed by atoms with van der Waals surface area (Å²) in [6, 6.07) is 0.803. The summed E-state index contributed by atoms with van der Waals surface area (Å²) in [6.07, 6.45) is 3.92. The number of hydrogen-bond donors (Lipinski definition) is 2. The Labute approximate surface area is 109 Å². The molecule has 1 rings (SSSR count). The van der Waals surface area contributed by atoms with Gasteiger partial charge in [0.15, 0.2) is 0 Å². The molecule has 0 aromatic heterocycles. The molecule has 0 aliphatic carbocycles. The molecule has 0 saturated carbocycles. The Hall–Kier alpha value is -0.680. The van der Waals surface area contributed by atoms with Gasteiger partial charge in [-0.05, 0) is 19.3 Å². The van der Waals surface area contributed by atoms with Gasteiger partial charge in [0, 0.05) is 38.5 Å². The number of likely N-dealkylation sites (tertiary alicyclic amines) is 1. The third-order valence-electron chi connectivity index (χ3n) is 3.36. The SMILES string of the molecule is CCC(CC(N)=S)N1CCC(NC(C)=O)CC1. The minimum Gasteiger partial charge on any atom is -0.393 e. The molecule has 1 amide bonds. The molecule has 4 nitrogen and oxygen atoms in total. The van der Waals surface area contributed by atoms with E-state index in [2.05, 4.69) is 17.1 Å². The molecule has 0 bridgehead atoms. The van der Waals surface area contributed by atoms with Crippen LogP contribution in [0.2, 0.25) is 0 Å². The van der Waals surface area contributed by atoms with Crippen LogP contribution in [0.1, 0.15) is 39.5 Å². The topological polar surface area (TPSA) is 58.4 Å². The fraction of sp³-hybridized carbons (Fsp3) is 0.833. The monoisotopic (exact) mass is 257 g/mol. The van der Waals surface area contributed by atoms with E-state index in [1.165, 1.54) is 0 Å². The Morgan fingerprint density at radius 2 is 2.12 bits per heavy atom. The molecule has 0 aromatic carbocycles. The summed E-state index contributed by atoms with van der Waals surface area (Å²) in [5, 5.41) is 2.98.